The summed E-state index contributed by atoms with van der Waals surface area (Å²) in [4.78, 5) is 0.964. The molecular formula is C8H15F3N2O2S2. The monoisotopic (exact) mass is 292 g/mol. The number of hydrogen-bond acceptors (Lipinski definition) is 5. The molecule has 1 rings (SSSR count). The van der Waals surface area contributed by atoms with E-state index in [9.17, 15) is 21.6 Å². The highest BCUT2D eigenvalue weighted by molar-refractivity contribution is 8.00. The molecule has 2 atom stereocenters. The number of thioether (sulfide) groups is 1. The van der Waals surface area contributed by atoms with Gasteiger partial charge in [-0.25, -0.2) is 8.42 Å². The number of halogens is 3. The van der Waals surface area contributed by atoms with Gasteiger partial charge in [0.1, 0.15) is 11.4 Å². The zero-order valence-corrected chi connectivity index (χ0v) is 10.9. The summed E-state index contributed by atoms with van der Waals surface area (Å²) in [5.74, 6) is 0.643. The molecule has 0 bridgehead atoms. The van der Waals surface area contributed by atoms with Crippen LogP contribution in [0.3, 0.4) is 0 Å². The topological polar surface area (TPSA) is 63.4 Å². The molecule has 0 amide bonds. The summed E-state index contributed by atoms with van der Waals surface area (Å²) < 4.78 is 61.2. The van der Waals surface area contributed by atoms with E-state index in [2.05, 4.69) is 0 Å². The molecule has 102 valence electrons. The van der Waals surface area contributed by atoms with Gasteiger partial charge in [-0.3, -0.25) is 4.90 Å². The summed E-state index contributed by atoms with van der Waals surface area (Å²) in [6, 6.07) is -1.89. The van der Waals surface area contributed by atoms with Crippen molar-refractivity contribution in [2.45, 2.75) is 17.6 Å². The molecular weight excluding hydrogens is 277 g/mol. The molecule has 9 heteroatoms. The highest BCUT2D eigenvalue weighted by Crippen LogP contribution is 2.30. The summed E-state index contributed by atoms with van der Waals surface area (Å²) in [6.45, 7) is -0.538. The van der Waals surface area contributed by atoms with Gasteiger partial charge in [0.2, 0.25) is 0 Å². The molecule has 1 fully saturated rings. The number of sulfone groups is 1. The van der Waals surface area contributed by atoms with Crippen LogP contribution < -0.4 is 5.73 Å². The summed E-state index contributed by atoms with van der Waals surface area (Å²) in [5, 5.41) is -1.10. The Hall–Kier alpha value is 0.01000. The van der Waals surface area contributed by atoms with Crippen LogP contribution in [0.1, 0.15) is 0 Å². The maximum atomic E-state index is 12.7. The molecule has 0 aromatic rings. The van der Waals surface area contributed by atoms with E-state index in [-0.39, 0.29) is 12.3 Å². The lowest BCUT2D eigenvalue weighted by Crippen LogP contribution is -2.59. The van der Waals surface area contributed by atoms with Crippen LogP contribution in [0.15, 0.2) is 0 Å². The van der Waals surface area contributed by atoms with Crippen molar-refractivity contribution in [1.29, 1.82) is 0 Å². The van der Waals surface area contributed by atoms with Gasteiger partial charge >= 0.3 is 6.18 Å². The Morgan fingerprint density at radius 3 is 2.53 bits per heavy atom. The van der Waals surface area contributed by atoms with E-state index in [0.29, 0.717) is 5.75 Å². The smallest absolute Gasteiger partial charge is 0.329 e. The molecule has 0 aromatic carbocycles. The molecule has 1 aliphatic rings. The second-order valence-electron chi connectivity index (χ2n) is 3.89. The van der Waals surface area contributed by atoms with Gasteiger partial charge in [-0.2, -0.15) is 24.9 Å². The standard InChI is InChI=1S/C8H15F3N2O2S2/c1-17(14,15)7-5-16-3-2-13(7)6(4-12)8(9,10)11/h6-7H,2-5,12H2,1H3. The van der Waals surface area contributed by atoms with E-state index < -0.39 is 34.0 Å². The third-order valence-electron chi connectivity index (χ3n) is 2.62. The Labute approximate surface area is 103 Å². The van der Waals surface area contributed by atoms with E-state index in [1.54, 1.807) is 0 Å². The molecule has 2 N–H and O–H groups in total. The van der Waals surface area contributed by atoms with Gasteiger partial charge in [0.15, 0.2) is 9.84 Å². The number of hydrogen-bond donors (Lipinski definition) is 1. The van der Waals surface area contributed by atoms with Crippen LogP contribution in [0.4, 0.5) is 13.2 Å². The average Bonchev–Trinajstić information content (AvgIpc) is 2.15. The van der Waals surface area contributed by atoms with Crippen molar-refractivity contribution < 1.29 is 21.6 Å². The van der Waals surface area contributed by atoms with Gasteiger partial charge in [-0.15, -0.1) is 0 Å². The molecule has 17 heavy (non-hydrogen) atoms. The first-order valence-electron chi connectivity index (χ1n) is 4.97. The van der Waals surface area contributed by atoms with Crippen LogP contribution in [-0.4, -0.2) is 61.8 Å². The summed E-state index contributed by atoms with van der Waals surface area (Å²) in [7, 11) is -3.54. The summed E-state index contributed by atoms with van der Waals surface area (Å²) >= 11 is 1.34. The predicted octanol–water partition coefficient (Wildman–Crippen LogP) is 0.295. The predicted molar refractivity (Wildman–Crippen MR) is 61.6 cm³/mol. The Morgan fingerprint density at radius 1 is 1.53 bits per heavy atom. The number of rotatable bonds is 3. The fourth-order valence-electron chi connectivity index (χ4n) is 1.78. The highest BCUT2D eigenvalue weighted by Gasteiger charge is 2.47. The lowest BCUT2D eigenvalue weighted by Gasteiger charge is -2.39. The van der Waals surface area contributed by atoms with E-state index in [1.807, 2.05) is 0 Å². The molecule has 0 spiro atoms. The van der Waals surface area contributed by atoms with Crippen LogP contribution in [0.25, 0.3) is 0 Å². The van der Waals surface area contributed by atoms with Gasteiger partial charge < -0.3 is 5.73 Å². The van der Waals surface area contributed by atoms with Crippen molar-refractivity contribution in [2.24, 2.45) is 5.73 Å². The normalized spacial score (nSPS) is 25.8. The fourth-order valence-corrected chi connectivity index (χ4v) is 4.70. The number of nitrogens with zero attached hydrogens (tertiary/aromatic N) is 1. The van der Waals surface area contributed by atoms with E-state index in [0.717, 1.165) is 11.2 Å². The van der Waals surface area contributed by atoms with E-state index in [4.69, 9.17) is 5.73 Å². The average molecular weight is 292 g/mol. The van der Waals surface area contributed by atoms with Crippen molar-refractivity contribution >= 4 is 21.6 Å². The number of nitrogens with two attached hydrogens (primary N) is 1. The van der Waals surface area contributed by atoms with Crippen molar-refractivity contribution in [3.63, 3.8) is 0 Å². The summed E-state index contributed by atoms with van der Waals surface area (Å²) in [5.41, 5.74) is 5.13. The molecule has 4 nitrogen and oxygen atoms in total. The van der Waals surface area contributed by atoms with Crippen LogP contribution in [-0.2, 0) is 9.84 Å². The molecule has 0 saturated carbocycles. The third-order valence-corrected chi connectivity index (χ3v) is 5.28. The van der Waals surface area contributed by atoms with Crippen LogP contribution in [0.5, 0.6) is 0 Å². The lowest BCUT2D eigenvalue weighted by atomic mass is 10.2. The van der Waals surface area contributed by atoms with Crippen LogP contribution >= 0.6 is 11.8 Å². The molecule has 0 aromatic heterocycles. The third kappa shape index (κ3) is 3.73. The lowest BCUT2D eigenvalue weighted by molar-refractivity contribution is -0.181. The molecule has 0 aliphatic carbocycles. The van der Waals surface area contributed by atoms with Gasteiger partial charge in [0.25, 0.3) is 0 Å². The molecule has 1 saturated heterocycles. The molecule has 1 aliphatic heterocycles. The van der Waals surface area contributed by atoms with Crippen molar-refractivity contribution in [2.75, 3.05) is 30.9 Å². The van der Waals surface area contributed by atoms with Crippen molar-refractivity contribution in [3.05, 3.63) is 0 Å². The van der Waals surface area contributed by atoms with Crippen LogP contribution in [0.2, 0.25) is 0 Å². The molecule has 0 radical (unpaired) electrons. The zero-order chi connectivity index (χ0) is 13.3. The maximum Gasteiger partial charge on any atom is 0.405 e. The van der Waals surface area contributed by atoms with E-state index >= 15 is 0 Å². The largest absolute Gasteiger partial charge is 0.405 e. The van der Waals surface area contributed by atoms with E-state index in [1.165, 1.54) is 11.8 Å². The Morgan fingerprint density at radius 2 is 2.12 bits per heavy atom. The second-order valence-corrected chi connectivity index (χ2v) is 7.24. The van der Waals surface area contributed by atoms with Gasteiger partial charge in [0.05, 0.1) is 0 Å². The van der Waals surface area contributed by atoms with Crippen molar-refractivity contribution in [1.82, 2.24) is 4.90 Å². The van der Waals surface area contributed by atoms with Crippen LogP contribution in [0, 0.1) is 0 Å². The minimum Gasteiger partial charge on any atom is -0.329 e. The maximum absolute atomic E-state index is 12.7. The summed E-state index contributed by atoms with van der Waals surface area (Å²) in [6.07, 6.45) is -3.54. The minimum atomic E-state index is -4.50. The van der Waals surface area contributed by atoms with Crippen molar-refractivity contribution in [3.8, 4) is 0 Å². The minimum absolute atomic E-state index is 0.0871. The first-order valence-corrected chi connectivity index (χ1v) is 8.08. The Kier molecular flexibility index (Phi) is 4.73. The molecule has 2 unspecified atom stereocenters. The zero-order valence-electron chi connectivity index (χ0n) is 9.27. The molecule has 1 heterocycles. The van der Waals surface area contributed by atoms with Gasteiger partial charge in [-0.05, 0) is 0 Å². The Balaban J connectivity index is 2.99. The second kappa shape index (κ2) is 5.33. The Bertz CT molecular complexity index is 358. The quantitative estimate of drug-likeness (QED) is 0.810. The first kappa shape index (κ1) is 15.1. The fraction of sp³-hybridized carbons (Fsp3) is 1.00. The highest BCUT2D eigenvalue weighted by atomic mass is 32.2. The SMILES string of the molecule is CS(=O)(=O)C1CSCCN1C(CN)C(F)(F)F. The first-order chi connectivity index (χ1) is 7.68. The van der Waals surface area contributed by atoms with Gasteiger partial charge in [-0.1, -0.05) is 0 Å². The van der Waals surface area contributed by atoms with Gasteiger partial charge in [0, 0.05) is 30.9 Å². The number of alkyl halides is 3.